The smallest absolute Gasteiger partial charge is 0.224 e. The largest absolute Gasteiger partial charge is 0.340 e. The van der Waals surface area contributed by atoms with Gasteiger partial charge in [0.15, 0.2) is 0 Å². The second kappa shape index (κ2) is 3.61. The fourth-order valence-corrected chi connectivity index (χ4v) is 2.72. The summed E-state index contributed by atoms with van der Waals surface area (Å²) in [5.41, 5.74) is 0. The van der Waals surface area contributed by atoms with Crippen molar-refractivity contribution in [1.82, 2.24) is 5.32 Å². The predicted octanol–water partition coefficient (Wildman–Crippen LogP) is 1.45. The lowest BCUT2D eigenvalue weighted by Crippen LogP contribution is -2.33. The van der Waals surface area contributed by atoms with Crippen molar-refractivity contribution in [1.29, 1.82) is 5.26 Å². The molecule has 0 heterocycles. The molecule has 2 saturated carbocycles. The van der Waals surface area contributed by atoms with Gasteiger partial charge in [-0.2, -0.15) is 5.26 Å². The van der Waals surface area contributed by atoms with E-state index in [-0.39, 0.29) is 17.9 Å². The highest BCUT2D eigenvalue weighted by Gasteiger charge is 2.54. The van der Waals surface area contributed by atoms with Crippen LogP contribution in [0, 0.1) is 29.1 Å². The highest BCUT2D eigenvalue weighted by Crippen LogP contribution is 2.55. The lowest BCUT2D eigenvalue weighted by atomic mass is 10.0. The summed E-state index contributed by atoms with van der Waals surface area (Å²) in [5.74, 6) is 1.61. The topological polar surface area (TPSA) is 52.9 Å². The van der Waals surface area contributed by atoms with Crippen LogP contribution in [0.5, 0.6) is 0 Å². The van der Waals surface area contributed by atoms with Crippen LogP contribution in [0.4, 0.5) is 0 Å². The van der Waals surface area contributed by atoms with Crippen molar-refractivity contribution in [2.24, 2.45) is 17.8 Å². The van der Waals surface area contributed by atoms with Gasteiger partial charge in [0.25, 0.3) is 0 Å². The van der Waals surface area contributed by atoms with Crippen molar-refractivity contribution in [2.45, 2.75) is 38.6 Å². The van der Waals surface area contributed by atoms with Crippen LogP contribution in [-0.4, -0.2) is 11.9 Å². The van der Waals surface area contributed by atoms with Crippen LogP contribution in [0.25, 0.3) is 0 Å². The van der Waals surface area contributed by atoms with E-state index in [2.05, 4.69) is 5.32 Å². The molecule has 3 unspecified atom stereocenters. The summed E-state index contributed by atoms with van der Waals surface area (Å²) in [6.07, 6.45) is 4.98. The quantitative estimate of drug-likeness (QED) is 0.720. The van der Waals surface area contributed by atoms with Crippen LogP contribution in [0.1, 0.15) is 32.6 Å². The van der Waals surface area contributed by atoms with E-state index in [1.807, 2.05) is 6.07 Å². The van der Waals surface area contributed by atoms with Gasteiger partial charge in [0.1, 0.15) is 6.04 Å². The molecule has 0 aromatic heterocycles. The summed E-state index contributed by atoms with van der Waals surface area (Å²) < 4.78 is 0. The van der Waals surface area contributed by atoms with Gasteiger partial charge in [-0.25, -0.2) is 0 Å². The van der Waals surface area contributed by atoms with Gasteiger partial charge >= 0.3 is 0 Å². The van der Waals surface area contributed by atoms with Crippen molar-refractivity contribution in [3.63, 3.8) is 0 Å². The molecule has 0 bridgehead atoms. The minimum absolute atomic E-state index is 0.107. The number of carbonyl (C=O) groups is 1. The van der Waals surface area contributed by atoms with Crippen molar-refractivity contribution in [3.8, 4) is 6.07 Å². The molecule has 3 atom stereocenters. The van der Waals surface area contributed by atoms with E-state index in [0.717, 1.165) is 0 Å². The number of nitriles is 1. The monoisotopic (exact) mass is 192 g/mol. The third-order valence-electron chi connectivity index (χ3n) is 3.51. The number of carbonyl (C=O) groups excluding carboxylic acids is 1. The van der Waals surface area contributed by atoms with Crippen LogP contribution in [-0.2, 0) is 4.79 Å². The summed E-state index contributed by atoms with van der Waals surface area (Å²) in [4.78, 5) is 11.7. The highest BCUT2D eigenvalue weighted by molar-refractivity contribution is 5.82. The van der Waals surface area contributed by atoms with Crippen molar-refractivity contribution >= 4 is 5.91 Å². The number of hydrogen-bond acceptors (Lipinski definition) is 2. The van der Waals surface area contributed by atoms with Gasteiger partial charge in [-0.15, -0.1) is 0 Å². The predicted molar refractivity (Wildman–Crippen MR) is 52.2 cm³/mol. The number of nitrogens with zero attached hydrogens (tertiary/aromatic N) is 1. The molecule has 76 valence electrons. The molecule has 1 N–H and O–H groups in total. The molecule has 0 radical (unpaired) electrons. The van der Waals surface area contributed by atoms with Gasteiger partial charge in [0.2, 0.25) is 5.91 Å². The minimum Gasteiger partial charge on any atom is -0.340 e. The summed E-state index contributed by atoms with van der Waals surface area (Å²) in [7, 11) is 0. The lowest BCUT2D eigenvalue weighted by Gasteiger charge is -2.04. The van der Waals surface area contributed by atoms with Gasteiger partial charge in [0, 0.05) is 5.92 Å². The van der Waals surface area contributed by atoms with E-state index in [0.29, 0.717) is 11.8 Å². The van der Waals surface area contributed by atoms with Crippen LogP contribution >= 0.6 is 0 Å². The average molecular weight is 192 g/mol. The number of fused-ring (bicyclic) bond motifs is 1. The fraction of sp³-hybridized carbons (Fsp3) is 0.818. The Morgan fingerprint density at radius 2 is 2.00 bits per heavy atom. The Morgan fingerprint density at radius 3 is 2.50 bits per heavy atom. The summed E-state index contributed by atoms with van der Waals surface area (Å²) in [6.45, 7) is 1.73. The number of nitrogens with one attached hydrogen (secondary N) is 1. The Labute approximate surface area is 84.5 Å². The van der Waals surface area contributed by atoms with Gasteiger partial charge < -0.3 is 5.32 Å². The first-order valence-electron chi connectivity index (χ1n) is 5.44. The Bertz CT molecular complexity index is 270. The molecule has 0 aromatic carbocycles. The van der Waals surface area contributed by atoms with Crippen LogP contribution in [0.15, 0.2) is 0 Å². The molecule has 0 saturated heterocycles. The van der Waals surface area contributed by atoms with E-state index < -0.39 is 0 Å². The Kier molecular flexibility index (Phi) is 2.45. The summed E-state index contributed by atoms with van der Waals surface area (Å²) >= 11 is 0. The Hall–Kier alpha value is -1.04. The van der Waals surface area contributed by atoms with Crippen LogP contribution < -0.4 is 5.32 Å². The molecule has 2 aliphatic carbocycles. The van der Waals surface area contributed by atoms with Crippen molar-refractivity contribution in [3.05, 3.63) is 0 Å². The van der Waals surface area contributed by atoms with Gasteiger partial charge in [-0.05, 0) is 31.6 Å². The lowest BCUT2D eigenvalue weighted by molar-refractivity contribution is -0.123. The summed E-state index contributed by atoms with van der Waals surface area (Å²) in [5, 5.41) is 11.3. The van der Waals surface area contributed by atoms with Crippen molar-refractivity contribution in [2.75, 3.05) is 0 Å². The standard InChI is InChI=1S/C11H16N2O/c1-7(6-12)13-11(14)10-8-4-2-3-5-9(8)10/h7-10H,2-5H2,1H3,(H,13,14). The zero-order chi connectivity index (χ0) is 10.1. The van der Waals surface area contributed by atoms with Crippen molar-refractivity contribution < 1.29 is 4.79 Å². The molecule has 2 rings (SSSR count). The highest BCUT2D eigenvalue weighted by atomic mass is 16.2. The maximum atomic E-state index is 11.7. The summed E-state index contributed by atoms with van der Waals surface area (Å²) in [6, 6.07) is 1.69. The van der Waals surface area contributed by atoms with E-state index in [9.17, 15) is 4.79 Å². The molecule has 2 fully saturated rings. The van der Waals surface area contributed by atoms with E-state index in [1.54, 1.807) is 6.92 Å². The molecule has 3 heteroatoms. The first-order chi connectivity index (χ1) is 6.74. The SMILES string of the molecule is CC(C#N)NC(=O)C1C2CCCCC21. The minimum atomic E-state index is -0.342. The third-order valence-corrected chi connectivity index (χ3v) is 3.51. The van der Waals surface area contributed by atoms with Gasteiger partial charge in [-0.1, -0.05) is 12.8 Å². The zero-order valence-corrected chi connectivity index (χ0v) is 8.49. The second-order valence-electron chi connectivity index (χ2n) is 4.50. The zero-order valence-electron chi connectivity index (χ0n) is 8.49. The second-order valence-corrected chi connectivity index (χ2v) is 4.50. The molecule has 0 aromatic rings. The van der Waals surface area contributed by atoms with Gasteiger partial charge in [-0.3, -0.25) is 4.79 Å². The van der Waals surface area contributed by atoms with Gasteiger partial charge in [0.05, 0.1) is 6.07 Å². The molecular formula is C11H16N2O. The maximum Gasteiger partial charge on any atom is 0.224 e. The Balaban J connectivity index is 1.86. The first-order valence-corrected chi connectivity index (χ1v) is 5.44. The Morgan fingerprint density at radius 1 is 1.43 bits per heavy atom. The maximum absolute atomic E-state index is 11.7. The third kappa shape index (κ3) is 1.61. The molecule has 3 nitrogen and oxygen atoms in total. The molecule has 2 aliphatic rings. The van der Waals surface area contributed by atoms with E-state index in [4.69, 9.17) is 5.26 Å². The molecule has 0 spiro atoms. The molecule has 1 amide bonds. The number of amides is 1. The molecule has 0 aliphatic heterocycles. The molecule has 14 heavy (non-hydrogen) atoms. The van der Waals surface area contributed by atoms with E-state index >= 15 is 0 Å². The number of hydrogen-bond donors (Lipinski definition) is 1. The number of rotatable bonds is 2. The molecular weight excluding hydrogens is 176 g/mol. The average Bonchev–Trinajstić information content (AvgIpc) is 2.91. The normalized spacial score (nSPS) is 36.4. The van der Waals surface area contributed by atoms with Crippen LogP contribution in [0.3, 0.4) is 0 Å². The van der Waals surface area contributed by atoms with Crippen LogP contribution in [0.2, 0.25) is 0 Å². The van der Waals surface area contributed by atoms with E-state index in [1.165, 1.54) is 25.7 Å². The first kappa shape index (κ1) is 9.51. The fourth-order valence-electron chi connectivity index (χ4n) is 2.72.